The van der Waals surface area contributed by atoms with Crippen molar-refractivity contribution in [2.24, 2.45) is 0 Å². The van der Waals surface area contributed by atoms with Gasteiger partial charge >= 0.3 is 0 Å². The maximum absolute atomic E-state index is 2.58. The molecule has 55 heavy (non-hydrogen) atoms. The summed E-state index contributed by atoms with van der Waals surface area (Å²) in [5, 5.41) is 0. The molecule has 0 saturated heterocycles. The summed E-state index contributed by atoms with van der Waals surface area (Å²) in [6.45, 7) is 18.6. The minimum Gasteiger partial charge on any atom is -0.344 e. The van der Waals surface area contributed by atoms with Crippen molar-refractivity contribution in [2.75, 3.05) is 18.0 Å². The molecule has 0 unspecified atom stereocenters. The lowest BCUT2D eigenvalue weighted by Crippen LogP contribution is -2.64. The Morgan fingerprint density at radius 3 is 1.62 bits per heavy atom. The summed E-state index contributed by atoms with van der Waals surface area (Å²) in [6, 6.07) is 50.4. The normalized spacial score (nSPS) is 16.3. The minimum atomic E-state index is -0.912. The first-order valence-corrected chi connectivity index (χ1v) is 21.0. The summed E-state index contributed by atoms with van der Waals surface area (Å²) in [6.07, 6.45) is 13.7. The van der Waals surface area contributed by atoms with Crippen LogP contribution in [0.1, 0.15) is 91.2 Å². The molecule has 0 atom stereocenters. The van der Waals surface area contributed by atoms with Crippen LogP contribution < -0.4 is 21.3 Å². The molecule has 5 aromatic carbocycles. The Bertz CT molecular complexity index is 1990. The van der Waals surface area contributed by atoms with Gasteiger partial charge in [0.25, 0.3) is 0 Å². The number of benzene rings is 5. The third-order valence-corrected chi connectivity index (χ3v) is 12.5. The van der Waals surface area contributed by atoms with E-state index in [-0.39, 0.29) is 10.8 Å². The zero-order chi connectivity index (χ0) is 38.9. The topological polar surface area (TPSA) is 6.25 Å². The number of hydrogen-bond donors (Lipinski definition) is 0. The molecule has 0 fully saturated rings. The Morgan fingerprint density at radius 1 is 0.564 bits per heavy atom. The van der Waals surface area contributed by atoms with E-state index < -0.39 is 6.15 Å². The van der Waals surface area contributed by atoms with Crippen LogP contribution in [0.15, 0.2) is 163 Å². The maximum atomic E-state index is 2.58. The molecule has 0 spiro atoms. The Morgan fingerprint density at radius 2 is 1.05 bits per heavy atom. The molecule has 0 aliphatic carbocycles. The van der Waals surface area contributed by atoms with Crippen LogP contribution in [-0.4, -0.2) is 29.5 Å². The van der Waals surface area contributed by atoms with Gasteiger partial charge in [-0.05, 0) is 44.4 Å². The van der Waals surface area contributed by atoms with E-state index in [1.54, 1.807) is 0 Å². The number of para-hydroxylation sites is 2. The molecule has 284 valence electrons. The fourth-order valence-corrected chi connectivity index (χ4v) is 9.13. The van der Waals surface area contributed by atoms with Crippen molar-refractivity contribution < 1.29 is 4.58 Å². The summed E-state index contributed by atoms with van der Waals surface area (Å²) < 4.78 is 2.58. The van der Waals surface area contributed by atoms with Crippen LogP contribution >= 0.6 is 0 Å². The summed E-state index contributed by atoms with van der Waals surface area (Å²) in [5.74, 6) is 0. The lowest BCUT2D eigenvalue weighted by Gasteiger charge is -2.39. The molecule has 7 rings (SSSR count). The summed E-state index contributed by atoms with van der Waals surface area (Å²) in [4.78, 5) is 2.58. The second kappa shape index (κ2) is 17.7. The summed E-state index contributed by atoms with van der Waals surface area (Å²) in [5.41, 5.74) is 12.6. The quantitative estimate of drug-likeness (QED) is 0.0665. The van der Waals surface area contributed by atoms with E-state index in [1.165, 1.54) is 88.8 Å². The Hall–Kier alpha value is -4.89. The molecular weight excluding hydrogens is 663 g/mol. The molecule has 0 saturated carbocycles. The van der Waals surface area contributed by atoms with E-state index >= 15 is 0 Å². The molecule has 0 bridgehead atoms. The van der Waals surface area contributed by atoms with Gasteiger partial charge in [-0.3, -0.25) is 0 Å². The number of fused-ring (bicyclic) bond motifs is 2. The van der Waals surface area contributed by atoms with Crippen LogP contribution in [-0.2, 0) is 10.8 Å². The smallest absolute Gasteiger partial charge is 0.209 e. The van der Waals surface area contributed by atoms with Gasteiger partial charge in [0, 0.05) is 47.5 Å². The van der Waals surface area contributed by atoms with Gasteiger partial charge < -0.3 is 4.90 Å². The monoisotopic (exact) mass is 727 g/mol. The van der Waals surface area contributed by atoms with Crippen molar-refractivity contribution in [3.63, 3.8) is 0 Å². The number of hydrogen-bond acceptors (Lipinski definition) is 1. The van der Waals surface area contributed by atoms with Gasteiger partial charge in [0.15, 0.2) is 5.71 Å². The van der Waals surface area contributed by atoms with Gasteiger partial charge in [0.05, 0.1) is 11.6 Å². The first-order valence-electron chi connectivity index (χ1n) is 21.0. The number of rotatable bonds is 13. The maximum Gasteiger partial charge on any atom is 0.209 e. The molecule has 3 heteroatoms. The van der Waals surface area contributed by atoms with E-state index in [9.17, 15) is 0 Å². The van der Waals surface area contributed by atoms with Crippen molar-refractivity contribution >= 4 is 39.6 Å². The molecule has 2 aliphatic rings. The highest BCUT2D eigenvalue weighted by Gasteiger charge is 2.44. The fraction of sp³-hybridized carbons (Fsp3) is 0.327. The molecule has 0 radical (unpaired) electrons. The Balaban J connectivity index is 0.000000217. The zero-order valence-corrected chi connectivity index (χ0v) is 34.6. The molecule has 2 nitrogen and oxygen atoms in total. The molecule has 2 heterocycles. The van der Waals surface area contributed by atoms with Crippen LogP contribution in [0.2, 0.25) is 6.82 Å². The van der Waals surface area contributed by atoms with Crippen LogP contribution in [0.3, 0.4) is 0 Å². The van der Waals surface area contributed by atoms with Crippen molar-refractivity contribution in [1.82, 2.24) is 0 Å². The molecule has 0 amide bonds. The standard InChI is InChI=1S/C33H45N2.C19H18B/c1-7-9-15-24-34-28-20-13-11-18-26(28)32(3,4)30(34)22-17-23-31-33(5,6)27-19-12-14-21-29(27)35(31)25-16-10-8-2;1-20(17-11-5-2-6-12-17,18-13-7-3-8-14-18)19-15-9-4-10-16-19/h11-14,17-23H,7-10,15-16,24-25H2,1-6H3;2-16H,1H3/q+1;-1. The predicted octanol–water partition coefficient (Wildman–Crippen LogP) is 11.5. The van der Waals surface area contributed by atoms with Gasteiger partial charge in [0.2, 0.25) is 5.69 Å². The van der Waals surface area contributed by atoms with Gasteiger partial charge in [0.1, 0.15) is 6.54 Å². The fourth-order valence-electron chi connectivity index (χ4n) is 9.13. The second-order valence-electron chi connectivity index (χ2n) is 16.8. The largest absolute Gasteiger partial charge is 0.344 e. The van der Waals surface area contributed by atoms with E-state index in [4.69, 9.17) is 0 Å². The predicted molar refractivity (Wildman–Crippen MR) is 242 cm³/mol. The minimum absolute atomic E-state index is 0.00673. The third kappa shape index (κ3) is 8.23. The van der Waals surface area contributed by atoms with Crippen LogP contribution in [0, 0.1) is 0 Å². The number of anilines is 1. The highest BCUT2D eigenvalue weighted by atomic mass is 15.2. The molecule has 5 aromatic rings. The molecular formula is C52H63BN2. The number of nitrogens with zero attached hydrogens (tertiary/aromatic N) is 2. The Kier molecular flexibility index (Phi) is 12.8. The van der Waals surface area contributed by atoms with E-state index in [1.807, 2.05) is 0 Å². The average molecular weight is 727 g/mol. The number of allylic oxidation sites excluding steroid dienone is 4. The molecule has 0 N–H and O–H groups in total. The summed E-state index contributed by atoms with van der Waals surface area (Å²) in [7, 11) is 0. The van der Waals surface area contributed by atoms with Crippen LogP contribution in [0.25, 0.3) is 0 Å². The molecule has 0 aromatic heterocycles. The average Bonchev–Trinajstić information content (AvgIpc) is 3.57. The van der Waals surface area contributed by atoms with Gasteiger partial charge in [-0.15, -0.1) is 0 Å². The first-order chi connectivity index (χ1) is 26.7. The van der Waals surface area contributed by atoms with E-state index in [2.05, 4.69) is 216 Å². The molecule has 2 aliphatic heterocycles. The van der Waals surface area contributed by atoms with Crippen LogP contribution in [0.5, 0.6) is 0 Å². The zero-order valence-electron chi connectivity index (χ0n) is 34.6. The van der Waals surface area contributed by atoms with E-state index in [0.717, 1.165) is 13.1 Å². The SMILES string of the molecule is CCCCCN1C(=CC=CC2=[N+](CCCCC)c3ccccc3C2(C)C)C(C)(C)c2ccccc21.C[B-](c1ccccc1)(c1ccccc1)c1ccccc1. The third-order valence-electron chi connectivity index (χ3n) is 12.5. The van der Waals surface area contributed by atoms with Gasteiger partial charge in [-0.25, -0.2) is 16.4 Å². The Labute approximate surface area is 333 Å². The highest BCUT2D eigenvalue weighted by molar-refractivity contribution is 7.10. The lowest BCUT2D eigenvalue weighted by molar-refractivity contribution is -0.438. The van der Waals surface area contributed by atoms with Gasteiger partial charge in [-0.2, -0.15) is 11.4 Å². The van der Waals surface area contributed by atoms with E-state index in [0.29, 0.717) is 0 Å². The summed E-state index contributed by atoms with van der Waals surface area (Å²) >= 11 is 0. The highest BCUT2D eigenvalue weighted by Crippen LogP contribution is 2.48. The van der Waals surface area contributed by atoms with Gasteiger partial charge in [-0.1, -0.05) is 180 Å². The van der Waals surface area contributed by atoms with Crippen LogP contribution in [0.4, 0.5) is 11.4 Å². The van der Waals surface area contributed by atoms with Crippen molar-refractivity contribution in [3.8, 4) is 0 Å². The van der Waals surface area contributed by atoms with Crippen molar-refractivity contribution in [2.45, 2.75) is 97.7 Å². The lowest BCUT2D eigenvalue weighted by atomic mass is 9.17. The second-order valence-corrected chi connectivity index (χ2v) is 16.8. The van der Waals surface area contributed by atoms with Crippen molar-refractivity contribution in [3.05, 3.63) is 175 Å². The first kappa shape index (κ1) is 39.8. The van der Waals surface area contributed by atoms with Crippen molar-refractivity contribution in [1.29, 1.82) is 0 Å². The number of unbranched alkanes of at least 4 members (excludes halogenated alkanes) is 4.